The second kappa shape index (κ2) is 5.20. The topological polar surface area (TPSA) is 34.9 Å². The minimum atomic E-state index is 0.252. The molecule has 0 saturated heterocycles. The molecular weight excluding hydrogens is 196 g/mol. The highest BCUT2D eigenvalue weighted by molar-refractivity contribution is 8.00. The third-order valence-electron chi connectivity index (χ3n) is 1.72. The maximum Gasteiger partial charge on any atom is 0.148 e. The number of nitrogens with zero attached hydrogens (tertiary/aromatic N) is 2. The number of aromatic nitrogens is 2. The van der Waals surface area contributed by atoms with Crippen molar-refractivity contribution in [2.75, 3.05) is 5.75 Å². The standard InChI is InChI=1S/C10H16N2OS/c1-8(2)14-7-10(13)6-9-4-5-12(3)11-9/h4-5,8H,6-7H2,1-3H3. The van der Waals surface area contributed by atoms with E-state index in [9.17, 15) is 4.79 Å². The normalized spacial score (nSPS) is 10.9. The van der Waals surface area contributed by atoms with E-state index >= 15 is 0 Å². The van der Waals surface area contributed by atoms with Crippen LogP contribution in [0.1, 0.15) is 19.5 Å². The van der Waals surface area contributed by atoms with E-state index in [4.69, 9.17) is 0 Å². The molecule has 0 amide bonds. The van der Waals surface area contributed by atoms with Gasteiger partial charge >= 0.3 is 0 Å². The van der Waals surface area contributed by atoms with Gasteiger partial charge in [0.25, 0.3) is 0 Å². The van der Waals surface area contributed by atoms with Gasteiger partial charge < -0.3 is 0 Å². The first kappa shape index (κ1) is 11.3. The molecule has 0 aliphatic carbocycles. The largest absolute Gasteiger partial charge is 0.298 e. The molecule has 1 aromatic heterocycles. The van der Waals surface area contributed by atoms with E-state index < -0.39 is 0 Å². The lowest BCUT2D eigenvalue weighted by molar-refractivity contribution is -0.116. The average Bonchev–Trinajstić information content (AvgIpc) is 2.48. The second-order valence-corrected chi connectivity index (χ2v) is 5.12. The zero-order chi connectivity index (χ0) is 10.6. The molecule has 0 aliphatic rings. The fraction of sp³-hybridized carbons (Fsp3) is 0.600. The smallest absolute Gasteiger partial charge is 0.148 e. The molecular formula is C10H16N2OS. The molecule has 0 N–H and O–H groups in total. The summed E-state index contributed by atoms with van der Waals surface area (Å²) >= 11 is 1.68. The molecule has 1 heterocycles. The maximum absolute atomic E-state index is 11.5. The van der Waals surface area contributed by atoms with E-state index in [1.165, 1.54) is 0 Å². The Bertz CT molecular complexity index is 307. The highest BCUT2D eigenvalue weighted by Gasteiger charge is 2.07. The summed E-state index contributed by atoms with van der Waals surface area (Å²) in [6, 6.07) is 1.89. The number of ketones is 1. The number of carbonyl (C=O) groups excluding carboxylic acids is 1. The van der Waals surface area contributed by atoms with Gasteiger partial charge in [0.1, 0.15) is 5.78 Å². The predicted octanol–water partition coefficient (Wildman–Crippen LogP) is 1.67. The zero-order valence-electron chi connectivity index (χ0n) is 8.86. The molecule has 0 radical (unpaired) electrons. The third kappa shape index (κ3) is 3.96. The lowest BCUT2D eigenvalue weighted by atomic mass is 10.2. The van der Waals surface area contributed by atoms with Gasteiger partial charge in [0.2, 0.25) is 0 Å². The van der Waals surface area contributed by atoms with Crippen LogP contribution < -0.4 is 0 Å². The van der Waals surface area contributed by atoms with Gasteiger partial charge in [-0.15, -0.1) is 0 Å². The van der Waals surface area contributed by atoms with Crippen molar-refractivity contribution in [3.05, 3.63) is 18.0 Å². The Balaban J connectivity index is 2.34. The van der Waals surface area contributed by atoms with Crippen LogP contribution in [0.2, 0.25) is 0 Å². The number of Topliss-reactive ketones (excluding diaryl/α,β-unsaturated/α-hetero) is 1. The number of hydrogen-bond donors (Lipinski definition) is 0. The van der Waals surface area contributed by atoms with Crippen molar-refractivity contribution in [3.63, 3.8) is 0 Å². The molecule has 0 bridgehead atoms. The first-order chi connectivity index (χ1) is 6.58. The van der Waals surface area contributed by atoms with E-state index in [1.807, 2.05) is 19.3 Å². The van der Waals surface area contributed by atoms with Gasteiger partial charge in [-0.1, -0.05) is 13.8 Å². The summed E-state index contributed by atoms with van der Waals surface area (Å²) in [6.07, 6.45) is 2.32. The van der Waals surface area contributed by atoms with Crippen LogP contribution in [0.25, 0.3) is 0 Å². The fourth-order valence-corrected chi connectivity index (χ4v) is 1.69. The van der Waals surface area contributed by atoms with Crippen LogP contribution >= 0.6 is 11.8 Å². The monoisotopic (exact) mass is 212 g/mol. The molecule has 0 unspecified atom stereocenters. The molecule has 78 valence electrons. The van der Waals surface area contributed by atoms with Gasteiger partial charge in [-0.05, 0) is 11.3 Å². The van der Waals surface area contributed by atoms with Crippen molar-refractivity contribution in [2.45, 2.75) is 25.5 Å². The van der Waals surface area contributed by atoms with Crippen LogP contribution in [0, 0.1) is 0 Å². The van der Waals surface area contributed by atoms with Crippen LogP contribution in [0.15, 0.2) is 12.3 Å². The van der Waals surface area contributed by atoms with Gasteiger partial charge in [0.05, 0.1) is 17.9 Å². The summed E-state index contributed by atoms with van der Waals surface area (Å²) in [5.41, 5.74) is 0.863. The maximum atomic E-state index is 11.5. The molecule has 0 fully saturated rings. The second-order valence-electron chi connectivity index (χ2n) is 3.56. The Kier molecular flexibility index (Phi) is 4.20. The van der Waals surface area contributed by atoms with Crippen molar-refractivity contribution in [1.82, 2.24) is 9.78 Å². The molecule has 4 heteroatoms. The molecule has 0 saturated carbocycles. The van der Waals surface area contributed by atoms with E-state index in [0.29, 0.717) is 17.4 Å². The van der Waals surface area contributed by atoms with Crippen molar-refractivity contribution in [3.8, 4) is 0 Å². The van der Waals surface area contributed by atoms with Gasteiger partial charge in [-0.3, -0.25) is 9.48 Å². The Hall–Kier alpha value is -0.770. The average molecular weight is 212 g/mol. The van der Waals surface area contributed by atoms with Crippen molar-refractivity contribution < 1.29 is 4.79 Å². The lowest BCUT2D eigenvalue weighted by Crippen LogP contribution is -2.08. The summed E-state index contributed by atoms with van der Waals surface area (Å²) in [7, 11) is 1.86. The van der Waals surface area contributed by atoms with Crippen LogP contribution in [0.5, 0.6) is 0 Å². The first-order valence-electron chi connectivity index (χ1n) is 4.69. The first-order valence-corrected chi connectivity index (χ1v) is 5.74. The molecule has 14 heavy (non-hydrogen) atoms. The van der Waals surface area contributed by atoms with Crippen LogP contribution in [-0.2, 0) is 18.3 Å². The third-order valence-corrected chi connectivity index (χ3v) is 2.88. The molecule has 1 rings (SSSR count). The minimum absolute atomic E-state index is 0.252. The predicted molar refractivity (Wildman–Crippen MR) is 59.5 cm³/mol. The lowest BCUT2D eigenvalue weighted by Gasteiger charge is -2.02. The van der Waals surface area contributed by atoms with Crippen molar-refractivity contribution in [1.29, 1.82) is 0 Å². The molecule has 0 spiro atoms. The summed E-state index contributed by atoms with van der Waals surface area (Å²) in [4.78, 5) is 11.5. The van der Waals surface area contributed by atoms with Crippen molar-refractivity contribution in [2.24, 2.45) is 7.05 Å². The Morgan fingerprint density at radius 2 is 2.36 bits per heavy atom. The van der Waals surface area contributed by atoms with Gasteiger partial charge in [0.15, 0.2) is 0 Å². The quantitative estimate of drug-likeness (QED) is 0.744. The minimum Gasteiger partial charge on any atom is -0.298 e. The van der Waals surface area contributed by atoms with E-state index in [-0.39, 0.29) is 5.78 Å². The Labute approximate surface area is 88.9 Å². The van der Waals surface area contributed by atoms with Gasteiger partial charge in [0, 0.05) is 13.2 Å². The Morgan fingerprint density at radius 1 is 1.64 bits per heavy atom. The number of aryl methyl sites for hydroxylation is 1. The summed E-state index contributed by atoms with van der Waals surface area (Å²) < 4.78 is 1.72. The molecule has 0 aromatic carbocycles. The number of carbonyl (C=O) groups is 1. The molecule has 1 aromatic rings. The van der Waals surface area contributed by atoms with E-state index in [1.54, 1.807) is 16.4 Å². The number of hydrogen-bond acceptors (Lipinski definition) is 3. The number of rotatable bonds is 5. The molecule has 0 aliphatic heterocycles. The summed E-state index contributed by atoms with van der Waals surface area (Å²) in [6.45, 7) is 4.19. The SMILES string of the molecule is CC(C)SCC(=O)Cc1ccn(C)n1. The van der Waals surface area contributed by atoms with Gasteiger partial charge in [-0.25, -0.2) is 0 Å². The van der Waals surface area contributed by atoms with Crippen LogP contribution in [-0.4, -0.2) is 26.6 Å². The van der Waals surface area contributed by atoms with Gasteiger partial charge in [-0.2, -0.15) is 16.9 Å². The molecule has 0 atom stereocenters. The number of thioether (sulfide) groups is 1. The highest BCUT2D eigenvalue weighted by Crippen LogP contribution is 2.10. The van der Waals surface area contributed by atoms with E-state index in [0.717, 1.165) is 5.69 Å². The summed E-state index contributed by atoms with van der Waals surface area (Å²) in [5, 5.41) is 4.68. The molecule has 3 nitrogen and oxygen atoms in total. The van der Waals surface area contributed by atoms with Crippen LogP contribution in [0.3, 0.4) is 0 Å². The highest BCUT2D eigenvalue weighted by atomic mass is 32.2. The van der Waals surface area contributed by atoms with E-state index in [2.05, 4.69) is 18.9 Å². The Morgan fingerprint density at radius 3 is 2.86 bits per heavy atom. The fourth-order valence-electron chi connectivity index (χ4n) is 1.07. The van der Waals surface area contributed by atoms with Crippen molar-refractivity contribution >= 4 is 17.5 Å². The van der Waals surface area contributed by atoms with Crippen LogP contribution in [0.4, 0.5) is 0 Å². The summed E-state index contributed by atoms with van der Waals surface area (Å²) in [5.74, 6) is 0.844. The zero-order valence-corrected chi connectivity index (χ0v) is 9.67.